The van der Waals surface area contributed by atoms with Crippen molar-refractivity contribution in [2.75, 3.05) is 31.7 Å². The number of hydrogen-bond donors (Lipinski definition) is 2. The Hall–Kier alpha value is -4.24. The summed E-state index contributed by atoms with van der Waals surface area (Å²) in [4.78, 5) is 19.7. The highest BCUT2D eigenvalue weighted by Crippen LogP contribution is 2.37. The summed E-state index contributed by atoms with van der Waals surface area (Å²) in [6, 6.07) is 6.34. The molecule has 188 valence electrons. The Balaban J connectivity index is 1.72. The number of anilines is 1. The largest absolute Gasteiger partial charge is 0.593 e. The van der Waals surface area contributed by atoms with Gasteiger partial charge in [-0.25, -0.2) is 23.7 Å². The molecule has 4 rings (SSSR count). The first kappa shape index (κ1) is 24.9. The maximum Gasteiger partial charge on any atom is 0.341 e. The van der Waals surface area contributed by atoms with Gasteiger partial charge in [0.25, 0.3) is 5.95 Å². The molecular weight excluding hydrogens is 493 g/mol. The third-order valence-electron chi connectivity index (χ3n) is 4.92. The second kappa shape index (κ2) is 11.0. The normalized spacial score (nSPS) is 11.7. The van der Waals surface area contributed by atoms with Crippen molar-refractivity contribution in [2.24, 2.45) is 0 Å². The van der Waals surface area contributed by atoms with Gasteiger partial charge in [-0.1, -0.05) is 6.07 Å². The lowest BCUT2D eigenvalue weighted by atomic mass is 10.2. The Morgan fingerprint density at radius 3 is 2.47 bits per heavy atom. The number of nitrogens with one attached hydrogen (secondary N) is 2. The first-order valence-corrected chi connectivity index (χ1v) is 11.8. The summed E-state index contributed by atoms with van der Waals surface area (Å²) >= 11 is -1.64. The molecule has 13 nitrogen and oxygen atoms in total. The van der Waals surface area contributed by atoms with Crippen LogP contribution in [0.5, 0.6) is 11.5 Å². The van der Waals surface area contributed by atoms with Crippen LogP contribution in [0.3, 0.4) is 0 Å². The summed E-state index contributed by atoms with van der Waals surface area (Å²) in [5.41, 5.74) is 0.746. The van der Waals surface area contributed by atoms with Gasteiger partial charge in [0.2, 0.25) is 0 Å². The van der Waals surface area contributed by atoms with Crippen LogP contribution in [0.2, 0.25) is 0 Å². The minimum Gasteiger partial charge on any atom is -0.593 e. The molecule has 36 heavy (non-hydrogen) atoms. The maximum atomic E-state index is 13.0. The molecule has 0 spiro atoms. The van der Waals surface area contributed by atoms with E-state index in [0.717, 1.165) is 17.1 Å². The molecule has 0 aliphatic carbocycles. The monoisotopic (exact) mass is 515 g/mol. The van der Waals surface area contributed by atoms with Crippen molar-refractivity contribution in [3.8, 4) is 28.7 Å². The molecule has 0 bridgehead atoms. The van der Waals surface area contributed by atoms with Gasteiger partial charge >= 0.3 is 6.03 Å². The summed E-state index contributed by atoms with van der Waals surface area (Å²) in [6.45, 7) is 0. The zero-order valence-electron chi connectivity index (χ0n) is 19.5. The van der Waals surface area contributed by atoms with Crippen LogP contribution in [0.1, 0.15) is 5.82 Å². The van der Waals surface area contributed by atoms with Crippen molar-refractivity contribution >= 4 is 23.3 Å². The van der Waals surface area contributed by atoms with Crippen molar-refractivity contribution in [1.82, 2.24) is 39.8 Å². The third kappa shape index (κ3) is 5.21. The number of para-hydroxylation sites is 1. The van der Waals surface area contributed by atoms with Crippen LogP contribution in [-0.4, -0.2) is 72.1 Å². The quantitative estimate of drug-likeness (QED) is 0.314. The summed E-state index contributed by atoms with van der Waals surface area (Å²) in [5, 5.41) is 15.2. The zero-order valence-corrected chi connectivity index (χ0v) is 20.3. The Kier molecular flexibility index (Phi) is 7.60. The number of benzene rings is 1. The van der Waals surface area contributed by atoms with Gasteiger partial charge in [0.15, 0.2) is 11.6 Å². The molecule has 0 fully saturated rings. The Morgan fingerprint density at radius 2 is 1.83 bits per heavy atom. The van der Waals surface area contributed by atoms with Gasteiger partial charge in [-0.2, -0.15) is 14.5 Å². The highest BCUT2D eigenvalue weighted by Gasteiger charge is 2.26. The van der Waals surface area contributed by atoms with Crippen LogP contribution < -0.4 is 19.5 Å². The van der Waals surface area contributed by atoms with Crippen LogP contribution in [0.4, 0.5) is 15.1 Å². The minimum absolute atomic E-state index is 0.112. The van der Waals surface area contributed by atoms with Gasteiger partial charge in [-0.3, -0.25) is 0 Å². The van der Waals surface area contributed by atoms with Crippen molar-refractivity contribution in [2.45, 2.75) is 6.42 Å². The van der Waals surface area contributed by atoms with E-state index in [1.165, 1.54) is 27.5 Å². The van der Waals surface area contributed by atoms with Crippen LogP contribution >= 0.6 is 0 Å². The van der Waals surface area contributed by atoms with Crippen molar-refractivity contribution in [3.05, 3.63) is 54.5 Å². The summed E-state index contributed by atoms with van der Waals surface area (Å²) in [6.07, 6.45) is 3.80. The predicted molar refractivity (Wildman–Crippen MR) is 128 cm³/mol. The predicted octanol–water partition coefficient (Wildman–Crippen LogP) is 1.58. The number of nitrogens with zero attached hydrogens (tertiary/aromatic N) is 7. The van der Waals surface area contributed by atoms with E-state index >= 15 is 0 Å². The van der Waals surface area contributed by atoms with Crippen LogP contribution in [0.15, 0.2) is 42.9 Å². The van der Waals surface area contributed by atoms with Gasteiger partial charge in [-0.05, 0) is 18.2 Å². The van der Waals surface area contributed by atoms with Gasteiger partial charge in [0.1, 0.15) is 34.5 Å². The number of halogens is 1. The van der Waals surface area contributed by atoms with Gasteiger partial charge in [0, 0.05) is 13.2 Å². The van der Waals surface area contributed by atoms with Gasteiger partial charge in [0.05, 0.1) is 44.4 Å². The molecule has 4 aromatic rings. The number of methoxy groups -OCH3 is 2. The SMILES string of the molecule is CNC(=O)n1ccc(-c2nnc(N[S+]([O-])CCc3ncc(F)cn3)n2-c2c(OC)cccc2OC)n1. The summed E-state index contributed by atoms with van der Waals surface area (Å²) in [5.74, 6) is 1.11. The minimum atomic E-state index is -1.64. The van der Waals surface area contributed by atoms with E-state index in [1.807, 2.05) is 0 Å². The molecule has 0 saturated carbocycles. The number of aromatic nitrogens is 7. The smallest absolute Gasteiger partial charge is 0.341 e. The van der Waals surface area contributed by atoms with Gasteiger partial charge in [-0.15, -0.1) is 10.2 Å². The van der Waals surface area contributed by atoms with E-state index in [0.29, 0.717) is 28.7 Å². The number of amides is 1. The van der Waals surface area contributed by atoms with Crippen LogP contribution in [-0.2, 0) is 17.8 Å². The molecule has 0 aliphatic rings. The van der Waals surface area contributed by atoms with Crippen LogP contribution in [0.25, 0.3) is 17.2 Å². The van der Waals surface area contributed by atoms with Gasteiger partial charge < -0.3 is 19.3 Å². The van der Waals surface area contributed by atoms with Crippen molar-refractivity contribution in [3.63, 3.8) is 0 Å². The van der Waals surface area contributed by atoms with E-state index in [4.69, 9.17) is 9.47 Å². The number of aryl methyl sites for hydroxylation is 1. The van der Waals surface area contributed by atoms with E-state index in [1.54, 1.807) is 28.8 Å². The number of hydrogen-bond acceptors (Lipinski definition) is 10. The number of carbonyl (C=O) groups excluding carboxylic acids is 1. The molecule has 1 atom stereocenters. The fourth-order valence-electron chi connectivity index (χ4n) is 3.26. The second-order valence-corrected chi connectivity index (χ2v) is 8.42. The lowest BCUT2D eigenvalue weighted by Gasteiger charge is -2.17. The lowest BCUT2D eigenvalue weighted by molar-refractivity contribution is 0.241. The van der Waals surface area contributed by atoms with Crippen LogP contribution in [0, 0.1) is 5.82 Å². The van der Waals surface area contributed by atoms with E-state index in [9.17, 15) is 13.7 Å². The molecule has 2 N–H and O–H groups in total. The Labute approximate surface area is 208 Å². The average molecular weight is 516 g/mol. The summed E-state index contributed by atoms with van der Waals surface area (Å²) < 4.78 is 42.5. The molecule has 3 heterocycles. The van der Waals surface area contributed by atoms with E-state index in [2.05, 4.69) is 35.3 Å². The zero-order chi connectivity index (χ0) is 25.7. The number of carbonyl (C=O) groups is 1. The topological polar surface area (TPSA) is 157 Å². The molecule has 15 heteroatoms. The van der Waals surface area contributed by atoms with Crippen molar-refractivity contribution in [1.29, 1.82) is 0 Å². The molecular formula is C21H22FN9O4S. The first-order valence-electron chi connectivity index (χ1n) is 10.5. The highest BCUT2D eigenvalue weighted by molar-refractivity contribution is 7.92. The van der Waals surface area contributed by atoms with Crippen molar-refractivity contribution < 1.29 is 23.2 Å². The van der Waals surface area contributed by atoms with E-state index < -0.39 is 23.2 Å². The molecule has 0 aliphatic heterocycles. The fraction of sp³-hybridized carbons (Fsp3) is 0.238. The Bertz CT molecular complexity index is 1320. The van der Waals surface area contributed by atoms with E-state index in [-0.39, 0.29) is 23.9 Å². The summed E-state index contributed by atoms with van der Waals surface area (Å²) in [7, 11) is 4.48. The molecule has 3 aromatic heterocycles. The molecule has 1 aromatic carbocycles. The number of ether oxygens (including phenoxy) is 2. The first-order chi connectivity index (χ1) is 17.4. The Morgan fingerprint density at radius 1 is 1.14 bits per heavy atom. The maximum absolute atomic E-state index is 13.0. The standard InChI is InChI=1S/C21H22FN9O4S/c1-23-21(32)30-9-7-14(28-30)19-26-27-20(29-36(33)10-8-17-24-11-13(22)12-25-17)31(19)18-15(34-2)5-4-6-16(18)35-3/h4-7,9,11-12H,8,10H2,1-3H3,(H,23,32)(H,27,29). The number of rotatable bonds is 9. The highest BCUT2D eigenvalue weighted by atomic mass is 32.2. The molecule has 1 amide bonds. The lowest BCUT2D eigenvalue weighted by Crippen LogP contribution is -2.24. The average Bonchev–Trinajstić information content (AvgIpc) is 3.54. The molecule has 0 saturated heterocycles. The second-order valence-electron chi connectivity index (χ2n) is 7.11. The molecule has 0 radical (unpaired) electrons. The third-order valence-corrected chi connectivity index (χ3v) is 5.90. The fourth-order valence-corrected chi connectivity index (χ4v) is 4.06. The molecule has 1 unspecified atom stereocenters.